The molecule has 1 amide bonds. The largest absolute Gasteiger partial charge is 0.496 e. The Morgan fingerprint density at radius 2 is 1.79 bits per heavy atom. The molecular weight excluding hydrogens is 350 g/mol. The number of carbonyl (C=O) groups is 1. The SMILES string of the molecule is CC[C@H](NC(=O)[C@@H](C)Oc1cccc2ccccc12)c1ccc(OC)c(C)c1. The standard InChI is InChI=1S/C24H27NO3/c1-5-21(19-13-14-22(27-4)16(2)15-19)25-24(26)17(3)28-23-12-8-10-18-9-6-7-11-20(18)23/h6-15,17,21H,5H2,1-4H3,(H,25,26)/t17-,21+/m1/s1. The Kier molecular flexibility index (Phi) is 6.19. The second kappa shape index (κ2) is 8.79. The molecule has 0 saturated carbocycles. The monoisotopic (exact) mass is 377 g/mol. The van der Waals surface area contributed by atoms with Crippen LogP contribution in [-0.2, 0) is 4.79 Å². The van der Waals surface area contributed by atoms with Crippen LogP contribution in [-0.4, -0.2) is 19.1 Å². The number of carbonyl (C=O) groups excluding carboxylic acids is 1. The molecule has 2 atom stereocenters. The molecule has 0 radical (unpaired) electrons. The molecule has 0 saturated heterocycles. The normalized spacial score (nSPS) is 13.0. The summed E-state index contributed by atoms with van der Waals surface area (Å²) in [6.07, 6.45) is 0.192. The third-order valence-electron chi connectivity index (χ3n) is 4.97. The first-order valence-corrected chi connectivity index (χ1v) is 9.62. The molecule has 3 aromatic carbocycles. The number of rotatable bonds is 7. The molecule has 3 aromatic rings. The molecule has 4 heteroatoms. The van der Waals surface area contributed by atoms with Gasteiger partial charge in [-0.1, -0.05) is 55.5 Å². The molecule has 0 unspecified atom stereocenters. The van der Waals surface area contributed by atoms with Crippen molar-refractivity contribution in [3.63, 3.8) is 0 Å². The fraction of sp³-hybridized carbons (Fsp3) is 0.292. The minimum absolute atomic E-state index is 0.0735. The molecule has 0 bridgehead atoms. The smallest absolute Gasteiger partial charge is 0.261 e. The van der Waals surface area contributed by atoms with Crippen molar-refractivity contribution in [3.05, 3.63) is 71.8 Å². The lowest BCUT2D eigenvalue weighted by Crippen LogP contribution is -2.38. The topological polar surface area (TPSA) is 47.6 Å². The van der Waals surface area contributed by atoms with Crippen molar-refractivity contribution >= 4 is 16.7 Å². The summed E-state index contributed by atoms with van der Waals surface area (Å²) < 4.78 is 11.3. The molecule has 0 fully saturated rings. The van der Waals surface area contributed by atoms with Crippen LogP contribution in [0.4, 0.5) is 0 Å². The lowest BCUT2D eigenvalue weighted by atomic mass is 10.0. The van der Waals surface area contributed by atoms with Gasteiger partial charge in [0.05, 0.1) is 13.2 Å². The van der Waals surface area contributed by atoms with Gasteiger partial charge in [-0.15, -0.1) is 0 Å². The van der Waals surface area contributed by atoms with Gasteiger partial charge in [-0.25, -0.2) is 0 Å². The van der Waals surface area contributed by atoms with E-state index in [0.29, 0.717) is 5.75 Å². The molecule has 0 aromatic heterocycles. The van der Waals surface area contributed by atoms with Gasteiger partial charge in [0.1, 0.15) is 11.5 Å². The minimum Gasteiger partial charge on any atom is -0.496 e. The maximum Gasteiger partial charge on any atom is 0.261 e. The van der Waals surface area contributed by atoms with Crippen molar-refractivity contribution in [2.45, 2.75) is 39.3 Å². The molecule has 0 spiro atoms. The van der Waals surface area contributed by atoms with Crippen LogP contribution in [0.25, 0.3) is 10.8 Å². The number of fused-ring (bicyclic) bond motifs is 1. The van der Waals surface area contributed by atoms with Crippen LogP contribution < -0.4 is 14.8 Å². The van der Waals surface area contributed by atoms with E-state index >= 15 is 0 Å². The number of amides is 1. The van der Waals surface area contributed by atoms with Crippen molar-refractivity contribution in [2.75, 3.05) is 7.11 Å². The van der Waals surface area contributed by atoms with E-state index in [1.807, 2.05) is 61.5 Å². The average molecular weight is 377 g/mol. The van der Waals surface area contributed by atoms with E-state index in [-0.39, 0.29) is 11.9 Å². The first-order valence-electron chi connectivity index (χ1n) is 9.62. The Morgan fingerprint density at radius 1 is 1.04 bits per heavy atom. The number of nitrogens with one attached hydrogen (secondary N) is 1. The zero-order valence-electron chi connectivity index (χ0n) is 16.9. The summed E-state index contributed by atoms with van der Waals surface area (Å²) in [6, 6.07) is 19.8. The van der Waals surface area contributed by atoms with Gasteiger partial charge in [0.15, 0.2) is 6.10 Å². The number of hydrogen-bond donors (Lipinski definition) is 1. The van der Waals surface area contributed by atoms with Crippen molar-refractivity contribution < 1.29 is 14.3 Å². The predicted octanol–water partition coefficient (Wildman–Crippen LogP) is 5.19. The van der Waals surface area contributed by atoms with Crippen molar-refractivity contribution in [1.29, 1.82) is 0 Å². The van der Waals surface area contributed by atoms with Crippen molar-refractivity contribution in [2.24, 2.45) is 0 Å². The predicted molar refractivity (Wildman–Crippen MR) is 113 cm³/mol. The van der Waals surface area contributed by atoms with Gasteiger partial charge in [0.25, 0.3) is 5.91 Å². The first-order chi connectivity index (χ1) is 13.5. The molecule has 3 rings (SSSR count). The van der Waals surface area contributed by atoms with Crippen LogP contribution in [0.3, 0.4) is 0 Å². The highest BCUT2D eigenvalue weighted by Crippen LogP contribution is 2.27. The number of benzene rings is 3. The minimum atomic E-state index is -0.598. The van der Waals surface area contributed by atoms with Gasteiger partial charge >= 0.3 is 0 Å². The summed E-state index contributed by atoms with van der Waals surface area (Å²) in [4.78, 5) is 12.8. The highest BCUT2D eigenvalue weighted by atomic mass is 16.5. The van der Waals surface area contributed by atoms with Crippen LogP contribution in [0.2, 0.25) is 0 Å². The number of aryl methyl sites for hydroxylation is 1. The molecular formula is C24H27NO3. The Morgan fingerprint density at radius 3 is 2.50 bits per heavy atom. The molecule has 1 N–H and O–H groups in total. The van der Waals surface area contributed by atoms with Crippen molar-refractivity contribution in [3.8, 4) is 11.5 Å². The van der Waals surface area contributed by atoms with E-state index in [9.17, 15) is 4.79 Å². The Bertz CT molecular complexity index is 962. The van der Waals surface area contributed by atoms with E-state index in [4.69, 9.17) is 9.47 Å². The van der Waals surface area contributed by atoms with E-state index < -0.39 is 6.10 Å². The highest BCUT2D eigenvalue weighted by molar-refractivity contribution is 5.89. The van der Waals surface area contributed by atoms with Gasteiger partial charge in [0, 0.05) is 5.39 Å². The summed E-state index contributed by atoms with van der Waals surface area (Å²) in [5.41, 5.74) is 2.11. The average Bonchev–Trinajstić information content (AvgIpc) is 2.72. The zero-order chi connectivity index (χ0) is 20.1. The Balaban J connectivity index is 1.72. The van der Waals surface area contributed by atoms with Gasteiger partial charge in [-0.2, -0.15) is 0 Å². The zero-order valence-corrected chi connectivity index (χ0v) is 16.9. The quantitative estimate of drug-likeness (QED) is 0.616. The van der Waals surface area contributed by atoms with E-state index in [1.165, 1.54) is 0 Å². The van der Waals surface area contributed by atoms with Crippen LogP contribution in [0.1, 0.15) is 37.4 Å². The number of hydrogen-bond acceptors (Lipinski definition) is 3. The Labute approximate surface area is 166 Å². The van der Waals surface area contributed by atoms with Gasteiger partial charge in [0.2, 0.25) is 0 Å². The lowest BCUT2D eigenvalue weighted by Gasteiger charge is -2.22. The summed E-state index contributed by atoms with van der Waals surface area (Å²) in [5, 5.41) is 5.20. The van der Waals surface area contributed by atoms with Crippen LogP contribution in [0, 0.1) is 6.92 Å². The fourth-order valence-corrected chi connectivity index (χ4v) is 3.37. The molecule has 0 aliphatic carbocycles. The second-order valence-electron chi connectivity index (χ2n) is 6.94. The molecule has 0 heterocycles. The molecule has 146 valence electrons. The van der Waals surface area contributed by atoms with E-state index in [1.54, 1.807) is 14.0 Å². The number of methoxy groups -OCH3 is 1. The van der Waals surface area contributed by atoms with Crippen LogP contribution in [0.15, 0.2) is 60.7 Å². The highest BCUT2D eigenvalue weighted by Gasteiger charge is 2.20. The van der Waals surface area contributed by atoms with E-state index in [0.717, 1.165) is 34.1 Å². The lowest BCUT2D eigenvalue weighted by molar-refractivity contribution is -0.128. The summed E-state index contributed by atoms with van der Waals surface area (Å²) in [6.45, 7) is 5.84. The van der Waals surface area contributed by atoms with Gasteiger partial charge in [-0.05, 0) is 48.9 Å². The van der Waals surface area contributed by atoms with Gasteiger partial charge < -0.3 is 14.8 Å². The Hall–Kier alpha value is -3.01. The van der Waals surface area contributed by atoms with Crippen molar-refractivity contribution in [1.82, 2.24) is 5.32 Å². The summed E-state index contributed by atoms with van der Waals surface area (Å²) in [5.74, 6) is 1.43. The van der Waals surface area contributed by atoms with E-state index in [2.05, 4.69) is 18.3 Å². The molecule has 4 nitrogen and oxygen atoms in total. The number of ether oxygens (including phenoxy) is 2. The van der Waals surface area contributed by atoms with Crippen LogP contribution in [0.5, 0.6) is 11.5 Å². The second-order valence-corrected chi connectivity index (χ2v) is 6.94. The molecule has 0 aliphatic heterocycles. The third-order valence-corrected chi connectivity index (χ3v) is 4.97. The third kappa shape index (κ3) is 4.28. The molecule has 28 heavy (non-hydrogen) atoms. The first kappa shape index (κ1) is 19.7. The fourth-order valence-electron chi connectivity index (χ4n) is 3.37. The maximum atomic E-state index is 12.8. The van der Waals surface area contributed by atoms with Gasteiger partial charge in [-0.3, -0.25) is 4.79 Å². The van der Waals surface area contributed by atoms with Crippen LogP contribution >= 0.6 is 0 Å². The maximum absolute atomic E-state index is 12.8. The summed E-state index contributed by atoms with van der Waals surface area (Å²) in [7, 11) is 1.66. The molecule has 0 aliphatic rings. The summed E-state index contributed by atoms with van der Waals surface area (Å²) >= 11 is 0.